The standard InChI is InChI=1S/C59H96O26/c1-24-34(63)39(68)43(72)48(78-24)83-46-36(65)28(62)21-76-52(46)82-33-12-13-55(5)31(56(33,6)23-61)11-14-58(8)32(55)10-9-26-27-19-54(3,4)15-17-59(27,18-16-57(26,58)7)53(75)85-50-45(74)41(70)38(67)30(81-50)22-77-51-47(42(71)37(66)29(20-60)80-51)84-49-44(73)40(69)35(64)25(2)79-49/h9,24-25,27-52,60-74H,10-23H2,1-8H3. The van der Waals surface area contributed by atoms with E-state index in [2.05, 4.69) is 40.7 Å². The minimum Gasteiger partial charge on any atom is -0.432 e. The lowest BCUT2D eigenvalue weighted by Gasteiger charge is -2.71. The van der Waals surface area contributed by atoms with Gasteiger partial charge in [0.15, 0.2) is 25.2 Å². The van der Waals surface area contributed by atoms with Crippen molar-refractivity contribution in [2.45, 2.75) is 273 Å². The van der Waals surface area contributed by atoms with Crippen LogP contribution in [0.4, 0.5) is 0 Å². The van der Waals surface area contributed by atoms with Crippen LogP contribution in [0.25, 0.3) is 0 Å². The maximum atomic E-state index is 15.3. The number of esters is 1. The molecule has 5 aliphatic carbocycles. The lowest BCUT2D eigenvalue weighted by molar-refractivity contribution is -0.370. The molecule has 85 heavy (non-hydrogen) atoms. The molecule has 26 nitrogen and oxygen atoms in total. The smallest absolute Gasteiger partial charge is 0.315 e. The Morgan fingerprint density at radius 3 is 1.74 bits per heavy atom. The predicted octanol–water partition coefficient (Wildman–Crippen LogP) is -2.54. The number of fused-ring (bicyclic) bond motifs is 7. The van der Waals surface area contributed by atoms with E-state index in [9.17, 15) is 76.6 Å². The second kappa shape index (κ2) is 24.4. The quantitative estimate of drug-likeness (QED) is 0.0513. The van der Waals surface area contributed by atoms with Crippen molar-refractivity contribution < 1.29 is 129 Å². The average Bonchev–Trinajstić information content (AvgIpc) is 0.713. The van der Waals surface area contributed by atoms with Crippen LogP contribution in [0.15, 0.2) is 11.6 Å². The third kappa shape index (κ3) is 11.1. The lowest BCUT2D eigenvalue weighted by atomic mass is 9.33. The first-order chi connectivity index (χ1) is 39.8. The number of ether oxygens (including phenoxy) is 10. The fourth-order valence-electron chi connectivity index (χ4n) is 17.5. The van der Waals surface area contributed by atoms with Crippen LogP contribution in [0.1, 0.15) is 120 Å². The van der Waals surface area contributed by atoms with Gasteiger partial charge in [-0.2, -0.15) is 0 Å². The number of allylic oxidation sites excluding steroid dienone is 2. The summed E-state index contributed by atoms with van der Waals surface area (Å²) >= 11 is 0. The molecule has 0 aromatic carbocycles. The first kappa shape index (κ1) is 66.2. The highest BCUT2D eigenvalue weighted by atomic mass is 16.8. The van der Waals surface area contributed by atoms with Crippen molar-refractivity contribution in [2.24, 2.45) is 50.2 Å². The van der Waals surface area contributed by atoms with E-state index >= 15 is 4.79 Å². The average molecular weight is 1220 g/mol. The topological polar surface area (TPSA) is 413 Å². The molecule has 0 radical (unpaired) electrons. The van der Waals surface area contributed by atoms with Crippen molar-refractivity contribution in [3.05, 3.63) is 11.6 Å². The molecular formula is C59H96O26. The van der Waals surface area contributed by atoms with Gasteiger partial charge in [0.05, 0.1) is 50.2 Å². The molecule has 0 aromatic rings. The molecule has 10 aliphatic rings. The summed E-state index contributed by atoms with van der Waals surface area (Å²) in [4.78, 5) is 15.3. The SMILES string of the molecule is CC1OC(OC2C(OC3CCC4(C)C(CCC5(C)C4CC=C4C6CC(C)(C)CCC6(C(=O)OC6OC(COC7OC(CO)C(O)C(O)C7OC7OC(C)C(O)C(O)C7O)C(O)C(O)C6O)CCC45C)C3(C)CO)OCC(O)C2O)C(O)C(O)C1O. The summed E-state index contributed by atoms with van der Waals surface area (Å²) in [6, 6.07) is 0. The Balaban J connectivity index is 0.855. The Hall–Kier alpha value is -1.75. The largest absolute Gasteiger partial charge is 0.432 e. The monoisotopic (exact) mass is 1220 g/mol. The Bertz CT molecular complexity index is 2370. The van der Waals surface area contributed by atoms with E-state index in [0.717, 1.165) is 6.42 Å². The summed E-state index contributed by atoms with van der Waals surface area (Å²) in [6.45, 7) is 14.3. The van der Waals surface area contributed by atoms with Crippen LogP contribution in [0, 0.1) is 50.2 Å². The maximum absolute atomic E-state index is 15.3. The molecule has 5 aliphatic heterocycles. The number of hydrogen-bond donors (Lipinski definition) is 15. The van der Waals surface area contributed by atoms with E-state index < -0.39 is 189 Å². The maximum Gasteiger partial charge on any atom is 0.315 e. The Labute approximate surface area is 494 Å². The summed E-state index contributed by atoms with van der Waals surface area (Å²) in [7, 11) is 0. The summed E-state index contributed by atoms with van der Waals surface area (Å²) in [5.74, 6) is -0.891. The molecule has 9 fully saturated rings. The number of carbonyl (C=O) groups excluding carboxylic acids is 1. The first-order valence-corrected chi connectivity index (χ1v) is 30.6. The number of hydrogen-bond acceptors (Lipinski definition) is 26. The highest BCUT2D eigenvalue weighted by molar-refractivity contribution is 5.79. The van der Waals surface area contributed by atoms with Gasteiger partial charge in [-0.05, 0) is 117 Å². The van der Waals surface area contributed by atoms with Crippen LogP contribution in [-0.2, 0) is 52.2 Å². The zero-order valence-electron chi connectivity index (χ0n) is 49.8. The minimum absolute atomic E-state index is 0.0713. The normalized spacial score (nSPS) is 55.3. The van der Waals surface area contributed by atoms with Crippen LogP contribution in [0.5, 0.6) is 0 Å². The van der Waals surface area contributed by atoms with Gasteiger partial charge in [0.2, 0.25) is 6.29 Å². The summed E-state index contributed by atoms with van der Waals surface area (Å²) in [5, 5.41) is 163. The van der Waals surface area contributed by atoms with Gasteiger partial charge in [0.1, 0.15) is 104 Å². The Kier molecular flexibility index (Phi) is 19.0. The van der Waals surface area contributed by atoms with Gasteiger partial charge in [-0.15, -0.1) is 0 Å². The third-order valence-electron chi connectivity index (χ3n) is 23.2. The van der Waals surface area contributed by atoms with E-state index in [4.69, 9.17) is 47.4 Å². The third-order valence-corrected chi connectivity index (χ3v) is 23.2. The van der Waals surface area contributed by atoms with Gasteiger partial charge in [-0.1, -0.05) is 53.2 Å². The van der Waals surface area contributed by atoms with Crippen LogP contribution in [0.3, 0.4) is 0 Å². The molecule has 0 amide bonds. The van der Waals surface area contributed by atoms with Crippen molar-refractivity contribution in [1.29, 1.82) is 0 Å². The Morgan fingerprint density at radius 2 is 1.13 bits per heavy atom. The zero-order valence-corrected chi connectivity index (χ0v) is 49.8. The van der Waals surface area contributed by atoms with Crippen molar-refractivity contribution in [3.63, 3.8) is 0 Å². The van der Waals surface area contributed by atoms with E-state index in [-0.39, 0.29) is 47.2 Å². The predicted molar refractivity (Wildman–Crippen MR) is 288 cm³/mol. The molecule has 5 heterocycles. The van der Waals surface area contributed by atoms with Crippen molar-refractivity contribution >= 4 is 5.97 Å². The summed E-state index contributed by atoms with van der Waals surface area (Å²) < 4.78 is 59.9. The van der Waals surface area contributed by atoms with Gasteiger partial charge in [-0.25, -0.2) is 0 Å². The van der Waals surface area contributed by atoms with Gasteiger partial charge >= 0.3 is 5.97 Å². The van der Waals surface area contributed by atoms with E-state index in [0.29, 0.717) is 57.8 Å². The second-order valence-corrected chi connectivity index (χ2v) is 28.5. The van der Waals surface area contributed by atoms with Gasteiger partial charge in [-0.3, -0.25) is 4.79 Å². The number of aliphatic hydroxyl groups excluding tert-OH is 15. The van der Waals surface area contributed by atoms with Crippen LogP contribution in [-0.4, -0.2) is 263 Å². The second-order valence-electron chi connectivity index (χ2n) is 28.5. The van der Waals surface area contributed by atoms with Crippen molar-refractivity contribution in [2.75, 3.05) is 26.4 Å². The lowest BCUT2D eigenvalue weighted by Crippen LogP contribution is -2.67. The molecule has 10 rings (SSSR count). The highest BCUT2D eigenvalue weighted by Gasteiger charge is 2.71. The molecule has 488 valence electrons. The van der Waals surface area contributed by atoms with Gasteiger partial charge < -0.3 is 124 Å². The van der Waals surface area contributed by atoms with Crippen LogP contribution < -0.4 is 0 Å². The molecule has 0 spiro atoms. The van der Waals surface area contributed by atoms with Gasteiger partial charge in [0.25, 0.3) is 0 Å². The summed E-state index contributed by atoms with van der Waals surface area (Å²) in [5.41, 5.74) is -1.99. The number of aliphatic hydroxyl groups is 15. The Morgan fingerprint density at radius 1 is 0.565 bits per heavy atom. The molecule has 15 N–H and O–H groups in total. The van der Waals surface area contributed by atoms with Crippen LogP contribution >= 0.6 is 0 Å². The number of rotatable bonds is 13. The molecular weight excluding hydrogens is 1120 g/mol. The molecule has 0 bridgehead atoms. The van der Waals surface area contributed by atoms with Crippen LogP contribution in [0.2, 0.25) is 0 Å². The molecule has 33 atom stereocenters. The minimum atomic E-state index is -1.92. The first-order valence-electron chi connectivity index (χ1n) is 30.6. The molecule has 4 saturated carbocycles. The van der Waals surface area contributed by atoms with Crippen molar-refractivity contribution in [3.8, 4) is 0 Å². The molecule has 0 aromatic heterocycles. The van der Waals surface area contributed by atoms with E-state index in [1.54, 1.807) is 0 Å². The highest BCUT2D eigenvalue weighted by Crippen LogP contribution is 2.76. The number of carbonyl (C=O) groups is 1. The van der Waals surface area contributed by atoms with E-state index in [1.807, 2.05) is 6.92 Å². The van der Waals surface area contributed by atoms with Crippen molar-refractivity contribution in [1.82, 2.24) is 0 Å². The van der Waals surface area contributed by atoms with E-state index in [1.165, 1.54) is 19.4 Å². The molecule has 26 heteroatoms. The fraction of sp³-hybridized carbons (Fsp3) is 0.949. The van der Waals surface area contributed by atoms with Gasteiger partial charge in [0, 0.05) is 5.41 Å². The summed E-state index contributed by atoms with van der Waals surface area (Å²) in [6.07, 6.45) is -30.0. The molecule has 33 unspecified atom stereocenters. The zero-order chi connectivity index (χ0) is 62.0. The molecule has 5 saturated heterocycles. The fourth-order valence-corrected chi connectivity index (χ4v) is 17.5.